The van der Waals surface area contributed by atoms with Gasteiger partial charge in [0.05, 0.1) is 25.8 Å². The van der Waals surface area contributed by atoms with Crippen LogP contribution >= 0.6 is 0 Å². The highest BCUT2D eigenvalue weighted by atomic mass is 19.1. The Morgan fingerprint density at radius 1 is 1.12 bits per heavy atom. The molecule has 2 aliphatic heterocycles. The minimum Gasteiger partial charge on any atom is -0.497 e. The van der Waals surface area contributed by atoms with E-state index >= 15 is 0 Å². The van der Waals surface area contributed by atoms with Gasteiger partial charge in [0.1, 0.15) is 11.6 Å². The minimum absolute atomic E-state index is 0.00315. The molecule has 5 nitrogen and oxygen atoms in total. The quantitative estimate of drug-likeness (QED) is 0.638. The average Bonchev–Trinajstić information content (AvgIpc) is 3.29. The van der Waals surface area contributed by atoms with Gasteiger partial charge in [-0.1, -0.05) is 18.2 Å². The number of aliphatic hydroxyl groups is 1. The molecule has 1 fully saturated rings. The molecule has 1 saturated heterocycles. The van der Waals surface area contributed by atoms with E-state index < -0.39 is 0 Å². The molecule has 6 heteroatoms. The Bertz CT molecular complexity index is 1150. The topological polar surface area (TPSA) is 61.8 Å². The second-order valence-corrected chi connectivity index (χ2v) is 8.37. The zero-order valence-corrected chi connectivity index (χ0v) is 17.8. The minimum atomic E-state index is -0.365. The molecule has 2 heterocycles. The monoisotopic (exact) mass is 432 g/mol. The number of ether oxygens (including phenoxy) is 1. The number of likely N-dealkylation sites (tertiary alicyclic amines) is 1. The van der Waals surface area contributed by atoms with Crippen LogP contribution in [0.3, 0.4) is 0 Å². The van der Waals surface area contributed by atoms with Gasteiger partial charge in [-0.05, 0) is 71.6 Å². The van der Waals surface area contributed by atoms with Crippen LogP contribution in [0, 0.1) is 11.7 Å². The molecule has 2 N–H and O–H groups in total. The highest BCUT2D eigenvalue weighted by Gasteiger charge is 2.45. The molecule has 164 valence electrons. The van der Waals surface area contributed by atoms with Crippen molar-refractivity contribution < 1.29 is 19.0 Å². The first-order chi connectivity index (χ1) is 15.6. The molecule has 0 spiro atoms. The Hall–Kier alpha value is -3.38. The van der Waals surface area contributed by atoms with Gasteiger partial charge in [-0.3, -0.25) is 4.79 Å². The highest BCUT2D eigenvalue weighted by molar-refractivity contribution is 5.95. The number of amides is 1. The Labute approximate surface area is 186 Å². The van der Waals surface area contributed by atoms with Crippen molar-refractivity contribution in [2.45, 2.75) is 18.5 Å². The number of rotatable bonds is 4. The van der Waals surface area contributed by atoms with Crippen molar-refractivity contribution >= 4 is 11.6 Å². The van der Waals surface area contributed by atoms with Crippen LogP contribution in [0.2, 0.25) is 0 Å². The third-order valence-electron chi connectivity index (χ3n) is 6.62. The summed E-state index contributed by atoms with van der Waals surface area (Å²) in [7, 11) is 1.65. The first-order valence-electron chi connectivity index (χ1n) is 10.8. The van der Waals surface area contributed by atoms with Crippen LogP contribution in [-0.2, 0) is 0 Å². The Morgan fingerprint density at radius 2 is 1.91 bits per heavy atom. The number of carbonyl (C=O) groups is 1. The fourth-order valence-corrected chi connectivity index (χ4v) is 5.03. The predicted octanol–water partition coefficient (Wildman–Crippen LogP) is 4.49. The lowest BCUT2D eigenvalue weighted by molar-refractivity contribution is 0.0701. The maximum Gasteiger partial charge on any atom is 0.254 e. The number of fused-ring (bicyclic) bond motifs is 3. The van der Waals surface area contributed by atoms with Crippen LogP contribution in [0.25, 0.3) is 11.1 Å². The number of halogens is 1. The molecule has 0 unspecified atom stereocenters. The third-order valence-corrected chi connectivity index (χ3v) is 6.62. The van der Waals surface area contributed by atoms with Crippen LogP contribution in [0.5, 0.6) is 5.75 Å². The van der Waals surface area contributed by atoms with E-state index in [1.807, 2.05) is 41.3 Å². The first-order valence-corrected chi connectivity index (χ1v) is 10.8. The van der Waals surface area contributed by atoms with Gasteiger partial charge >= 0.3 is 0 Å². The smallest absolute Gasteiger partial charge is 0.254 e. The number of hydrogen-bond acceptors (Lipinski definition) is 4. The Morgan fingerprint density at radius 3 is 2.66 bits per heavy atom. The fourth-order valence-electron chi connectivity index (χ4n) is 5.03. The van der Waals surface area contributed by atoms with E-state index in [0.717, 1.165) is 34.5 Å². The number of benzene rings is 3. The van der Waals surface area contributed by atoms with Gasteiger partial charge in [0.2, 0.25) is 0 Å². The van der Waals surface area contributed by atoms with Gasteiger partial charge in [-0.25, -0.2) is 4.39 Å². The van der Waals surface area contributed by atoms with Gasteiger partial charge in [0.15, 0.2) is 0 Å². The molecule has 0 aromatic heterocycles. The van der Waals surface area contributed by atoms with Gasteiger partial charge < -0.3 is 20.1 Å². The molecule has 0 aliphatic carbocycles. The second kappa shape index (κ2) is 8.28. The zero-order chi connectivity index (χ0) is 22.2. The standard InChI is InChI=1S/C26H25FN2O3/c1-32-20-4-2-3-17(13-20)18-7-10-23-22(14-18)25-21(24(15-30)28-23)11-12-29(25)26(31)16-5-8-19(27)9-6-16/h2-10,13-14,21,24-25,28,30H,11-12,15H2,1H3/t21-,24-,25-/m0/s1. The number of nitrogens with zero attached hydrogens (tertiary/aromatic N) is 1. The van der Waals surface area contributed by atoms with Gasteiger partial charge in [0, 0.05) is 23.7 Å². The van der Waals surface area contributed by atoms with E-state index in [4.69, 9.17) is 4.74 Å². The number of carbonyl (C=O) groups excluding carboxylic acids is 1. The van der Waals surface area contributed by atoms with Crippen molar-refractivity contribution in [3.63, 3.8) is 0 Å². The number of aliphatic hydroxyl groups excluding tert-OH is 1. The zero-order valence-electron chi connectivity index (χ0n) is 17.8. The molecule has 2 aliphatic rings. The summed E-state index contributed by atoms with van der Waals surface area (Å²) < 4.78 is 18.8. The maximum atomic E-state index is 13.4. The van der Waals surface area contributed by atoms with E-state index in [1.165, 1.54) is 24.3 Å². The summed E-state index contributed by atoms with van der Waals surface area (Å²) in [5.74, 6) is 0.396. The molecule has 3 aromatic rings. The van der Waals surface area contributed by atoms with E-state index in [-0.39, 0.29) is 36.3 Å². The molecular formula is C26H25FN2O3. The van der Waals surface area contributed by atoms with Crippen LogP contribution in [0.4, 0.5) is 10.1 Å². The Kier molecular flexibility index (Phi) is 5.31. The third kappa shape index (κ3) is 3.50. The highest BCUT2D eigenvalue weighted by Crippen LogP contribution is 2.47. The SMILES string of the molecule is COc1cccc(-c2ccc3c(c2)[C@@H]2[C@@H](CCN2C(=O)c2ccc(F)cc2)[C@H](CO)N3)c1. The molecule has 0 radical (unpaired) electrons. The summed E-state index contributed by atoms with van der Waals surface area (Å²) in [4.78, 5) is 15.2. The lowest BCUT2D eigenvalue weighted by Crippen LogP contribution is -2.42. The molecule has 1 amide bonds. The summed E-state index contributed by atoms with van der Waals surface area (Å²) >= 11 is 0. The van der Waals surface area contributed by atoms with Crippen LogP contribution in [0.1, 0.15) is 28.4 Å². The summed E-state index contributed by atoms with van der Waals surface area (Å²) in [6.07, 6.45) is 0.790. The van der Waals surface area contributed by atoms with E-state index in [1.54, 1.807) is 7.11 Å². The number of methoxy groups -OCH3 is 1. The summed E-state index contributed by atoms with van der Waals surface area (Å²) in [6.45, 7) is 0.587. The van der Waals surface area contributed by atoms with Gasteiger partial charge in [-0.15, -0.1) is 0 Å². The normalized spacial score (nSPS) is 21.5. The molecule has 0 saturated carbocycles. The van der Waals surface area contributed by atoms with Gasteiger partial charge in [-0.2, -0.15) is 0 Å². The average molecular weight is 432 g/mol. The molecule has 3 aromatic carbocycles. The number of nitrogens with one attached hydrogen (secondary N) is 1. The van der Waals surface area contributed by atoms with E-state index in [0.29, 0.717) is 12.1 Å². The lowest BCUT2D eigenvalue weighted by atomic mass is 9.82. The fraction of sp³-hybridized carbons (Fsp3) is 0.269. The van der Waals surface area contributed by atoms with E-state index in [9.17, 15) is 14.3 Å². The molecule has 32 heavy (non-hydrogen) atoms. The van der Waals surface area contributed by atoms with Crippen molar-refractivity contribution in [3.05, 3.63) is 83.7 Å². The maximum absolute atomic E-state index is 13.4. The summed E-state index contributed by atoms with van der Waals surface area (Å²) in [5.41, 5.74) is 4.49. The van der Waals surface area contributed by atoms with Crippen LogP contribution < -0.4 is 10.1 Å². The molecule has 0 bridgehead atoms. The molecular weight excluding hydrogens is 407 g/mol. The van der Waals surface area contributed by atoms with Gasteiger partial charge in [0.25, 0.3) is 5.91 Å². The number of anilines is 1. The molecule has 5 rings (SSSR count). The van der Waals surface area contributed by atoms with Crippen molar-refractivity contribution in [1.29, 1.82) is 0 Å². The lowest BCUT2D eigenvalue weighted by Gasteiger charge is -2.39. The first kappa shape index (κ1) is 20.5. The second-order valence-electron chi connectivity index (χ2n) is 8.37. The largest absolute Gasteiger partial charge is 0.497 e. The van der Waals surface area contributed by atoms with Crippen LogP contribution in [-0.4, -0.2) is 42.2 Å². The van der Waals surface area contributed by atoms with Crippen molar-refractivity contribution in [2.75, 3.05) is 25.6 Å². The number of hydrogen-bond donors (Lipinski definition) is 2. The Balaban J connectivity index is 1.56. The van der Waals surface area contributed by atoms with Crippen molar-refractivity contribution in [3.8, 4) is 16.9 Å². The molecule has 3 atom stereocenters. The van der Waals surface area contributed by atoms with Crippen molar-refractivity contribution in [2.24, 2.45) is 5.92 Å². The van der Waals surface area contributed by atoms with Crippen molar-refractivity contribution in [1.82, 2.24) is 4.90 Å². The summed E-state index contributed by atoms with van der Waals surface area (Å²) in [5, 5.41) is 13.5. The van der Waals surface area contributed by atoms with Crippen LogP contribution in [0.15, 0.2) is 66.7 Å². The predicted molar refractivity (Wildman–Crippen MR) is 121 cm³/mol. The van der Waals surface area contributed by atoms with E-state index in [2.05, 4.69) is 11.4 Å². The summed E-state index contributed by atoms with van der Waals surface area (Å²) in [6, 6.07) is 19.5.